The maximum absolute atomic E-state index is 13.7. The van der Waals surface area contributed by atoms with Crippen LogP contribution in [0.5, 0.6) is 0 Å². The van der Waals surface area contributed by atoms with Crippen molar-refractivity contribution >= 4 is 5.91 Å². The molecule has 1 fully saturated rings. The Kier molecular flexibility index (Phi) is 5.36. The highest BCUT2D eigenvalue weighted by Gasteiger charge is 2.25. The first-order valence-corrected chi connectivity index (χ1v) is 8.89. The molecular formula is C19H25FN4O2. The number of carbonyl (C=O) groups excluding carboxylic acids is 1. The molecule has 1 saturated heterocycles. The number of nitrogens with zero attached hydrogens (tertiary/aromatic N) is 4. The standard InChI is InChI=1S/C19H25FN4O2/c1-19(2,3)18-21-16(22-26-18)13-23-8-10-24(11-9-23)17(25)12-14-6-4-5-7-15(14)20/h4-7H,8-13H2,1-3H3. The van der Waals surface area contributed by atoms with Gasteiger partial charge in [-0.2, -0.15) is 4.98 Å². The summed E-state index contributed by atoms with van der Waals surface area (Å²) in [5.41, 5.74) is 0.282. The number of benzene rings is 1. The normalized spacial score (nSPS) is 16.1. The molecule has 3 rings (SSSR count). The summed E-state index contributed by atoms with van der Waals surface area (Å²) in [5, 5.41) is 4.05. The van der Waals surface area contributed by atoms with Crippen LogP contribution in [-0.2, 0) is 23.2 Å². The Labute approximate surface area is 153 Å². The maximum atomic E-state index is 13.7. The Balaban J connectivity index is 1.50. The SMILES string of the molecule is CC(C)(C)c1nc(CN2CCN(C(=O)Cc3ccccc3F)CC2)no1. The highest BCUT2D eigenvalue weighted by atomic mass is 19.1. The second-order valence-corrected chi connectivity index (χ2v) is 7.69. The number of hydrogen-bond donors (Lipinski definition) is 0. The molecule has 1 aliphatic rings. The minimum atomic E-state index is -0.328. The lowest BCUT2D eigenvalue weighted by Crippen LogP contribution is -2.48. The third-order valence-electron chi connectivity index (χ3n) is 4.50. The van der Waals surface area contributed by atoms with Crippen LogP contribution in [0.4, 0.5) is 4.39 Å². The molecule has 2 heterocycles. The van der Waals surface area contributed by atoms with Crippen LogP contribution in [0.2, 0.25) is 0 Å². The summed E-state index contributed by atoms with van der Waals surface area (Å²) in [6, 6.07) is 6.43. The van der Waals surface area contributed by atoms with E-state index in [1.807, 2.05) is 20.8 Å². The van der Waals surface area contributed by atoms with Crippen LogP contribution in [0.1, 0.15) is 38.0 Å². The number of rotatable bonds is 4. The molecule has 1 aliphatic heterocycles. The summed E-state index contributed by atoms with van der Waals surface area (Å²) in [6.07, 6.45) is 0.104. The van der Waals surface area contributed by atoms with E-state index in [0.29, 0.717) is 36.9 Å². The van der Waals surface area contributed by atoms with Gasteiger partial charge in [0.05, 0.1) is 13.0 Å². The molecule has 1 aromatic heterocycles. The van der Waals surface area contributed by atoms with Crippen LogP contribution < -0.4 is 0 Å². The van der Waals surface area contributed by atoms with Crippen molar-refractivity contribution in [1.82, 2.24) is 19.9 Å². The summed E-state index contributed by atoms with van der Waals surface area (Å²) in [5.74, 6) is 0.933. The Morgan fingerprint density at radius 3 is 2.50 bits per heavy atom. The molecule has 0 atom stereocenters. The number of amides is 1. The molecule has 0 aliphatic carbocycles. The zero-order chi connectivity index (χ0) is 18.7. The molecule has 26 heavy (non-hydrogen) atoms. The third-order valence-corrected chi connectivity index (χ3v) is 4.50. The van der Waals surface area contributed by atoms with E-state index in [2.05, 4.69) is 15.0 Å². The van der Waals surface area contributed by atoms with E-state index in [4.69, 9.17) is 4.52 Å². The van der Waals surface area contributed by atoms with E-state index in [9.17, 15) is 9.18 Å². The van der Waals surface area contributed by atoms with Gasteiger partial charge in [-0.3, -0.25) is 9.69 Å². The van der Waals surface area contributed by atoms with Gasteiger partial charge in [0.1, 0.15) is 5.82 Å². The van der Waals surface area contributed by atoms with Gasteiger partial charge in [-0.1, -0.05) is 44.1 Å². The lowest BCUT2D eigenvalue weighted by molar-refractivity contribution is -0.132. The van der Waals surface area contributed by atoms with Crippen molar-refractivity contribution in [3.05, 3.63) is 47.4 Å². The predicted octanol–water partition coefficient (Wildman–Crippen LogP) is 2.39. The van der Waals surface area contributed by atoms with E-state index in [-0.39, 0.29) is 23.6 Å². The first-order valence-electron chi connectivity index (χ1n) is 8.89. The monoisotopic (exact) mass is 360 g/mol. The van der Waals surface area contributed by atoms with Crippen molar-refractivity contribution in [2.45, 2.75) is 39.2 Å². The fourth-order valence-corrected chi connectivity index (χ4v) is 2.89. The molecular weight excluding hydrogens is 335 g/mol. The molecule has 6 nitrogen and oxygen atoms in total. The molecule has 0 radical (unpaired) electrons. The zero-order valence-electron chi connectivity index (χ0n) is 15.5. The van der Waals surface area contributed by atoms with E-state index in [0.717, 1.165) is 13.1 Å². The first kappa shape index (κ1) is 18.5. The Hall–Kier alpha value is -2.28. The minimum Gasteiger partial charge on any atom is -0.340 e. The molecule has 7 heteroatoms. The van der Waals surface area contributed by atoms with Crippen molar-refractivity contribution in [3.63, 3.8) is 0 Å². The summed E-state index contributed by atoms with van der Waals surface area (Å²) in [7, 11) is 0. The predicted molar refractivity (Wildman–Crippen MR) is 95.0 cm³/mol. The van der Waals surface area contributed by atoms with Crippen LogP contribution in [-0.4, -0.2) is 52.0 Å². The lowest BCUT2D eigenvalue weighted by atomic mass is 9.97. The molecule has 0 saturated carbocycles. The second-order valence-electron chi connectivity index (χ2n) is 7.69. The maximum Gasteiger partial charge on any atom is 0.232 e. The molecule has 0 bridgehead atoms. The number of carbonyl (C=O) groups is 1. The average Bonchev–Trinajstić information content (AvgIpc) is 3.06. The lowest BCUT2D eigenvalue weighted by Gasteiger charge is -2.34. The fourth-order valence-electron chi connectivity index (χ4n) is 2.89. The first-order chi connectivity index (χ1) is 12.3. The van der Waals surface area contributed by atoms with Gasteiger partial charge in [0, 0.05) is 31.6 Å². The molecule has 0 N–H and O–H groups in total. The highest BCUT2D eigenvalue weighted by Crippen LogP contribution is 2.20. The van der Waals surface area contributed by atoms with E-state index >= 15 is 0 Å². The Morgan fingerprint density at radius 2 is 1.88 bits per heavy atom. The Morgan fingerprint density at radius 1 is 1.19 bits per heavy atom. The van der Waals surface area contributed by atoms with Gasteiger partial charge in [-0.25, -0.2) is 4.39 Å². The fraction of sp³-hybridized carbons (Fsp3) is 0.526. The van der Waals surface area contributed by atoms with Crippen LogP contribution in [0.3, 0.4) is 0 Å². The smallest absolute Gasteiger partial charge is 0.232 e. The summed E-state index contributed by atoms with van der Waals surface area (Å²) in [6.45, 7) is 9.42. The summed E-state index contributed by atoms with van der Waals surface area (Å²) in [4.78, 5) is 20.8. The van der Waals surface area contributed by atoms with Crippen molar-refractivity contribution in [3.8, 4) is 0 Å². The Bertz CT molecular complexity index is 761. The van der Waals surface area contributed by atoms with Gasteiger partial charge in [0.15, 0.2) is 5.82 Å². The van der Waals surface area contributed by atoms with Crippen molar-refractivity contribution in [2.75, 3.05) is 26.2 Å². The quantitative estimate of drug-likeness (QED) is 0.838. The largest absolute Gasteiger partial charge is 0.340 e. The number of piperazine rings is 1. The molecule has 1 amide bonds. The van der Waals surface area contributed by atoms with E-state index in [1.54, 1.807) is 23.1 Å². The molecule has 2 aromatic rings. The van der Waals surface area contributed by atoms with Crippen LogP contribution >= 0.6 is 0 Å². The van der Waals surface area contributed by atoms with Crippen LogP contribution in [0.25, 0.3) is 0 Å². The number of hydrogen-bond acceptors (Lipinski definition) is 5. The van der Waals surface area contributed by atoms with Crippen LogP contribution in [0, 0.1) is 5.82 Å². The number of aromatic nitrogens is 2. The summed E-state index contributed by atoms with van der Waals surface area (Å²) >= 11 is 0. The zero-order valence-corrected chi connectivity index (χ0v) is 15.5. The van der Waals surface area contributed by atoms with Gasteiger partial charge >= 0.3 is 0 Å². The van der Waals surface area contributed by atoms with Gasteiger partial charge in [-0.05, 0) is 11.6 Å². The van der Waals surface area contributed by atoms with Gasteiger partial charge < -0.3 is 9.42 Å². The molecule has 0 spiro atoms. The highest BCUT2D eigenvalue weighted by molar-refractivity contribution is 5.79. The van der Waals surface area contributed by atoms with Gasteiger partial charge in [-0.15, -0.1) is 0 Å². The summed E-state index contributed by atoms with van der Waals surface area (Å²) < 4.78 is 19.0. The van der Waals surface area contributed by atoms with Gasteiger partial charge in [0.2, 0.25) is 11.8 Å². The third kappa shape index (κ3) is 4.46. The molecule has 0 unspecified atom stereocenters. The molecule has 1 aromatic carbocycles. The minimum absolute atomic E-state index is 0.0377. The van der Waals surface area contributed by atoms with Crippen molar-refractivity contribution in [1.29, 1.82) is 0 Å². The van der Waals surface area contributed by atoms with Crippen molar-refractivity contribution < 1.29 is 13.7 Å². The number of halogens is 1. The average molecular weight is 360 g/mol. The van der Waals surface area contributed by atoms with Crippen molar-refractivity contribution in [2.24, 2.45) is 0 Å². The van der Waals surface area contributed by atoms with Gasteiger partial charge in [0.25, 0.3) is 0 Å². The van der Waals surface area contributed by atoms with E-state index in [1.165, 1.54) is 6.07 Å². The van der Waals surface area contributed by atoms with Crippen LogP contribution in [0.15, 0.2) is 28.8 Å². The molecule has 140 valence electrons. The topological polar surface area (TPSA) is 62.5 Å². The second kappa shape index (κ2) is 7.53. The van der Waals surface area contributed by atoms with E-state index < -0.39 is 0 Å².